The summed E-state index contributed by atoms with van der Waals surface area (Å²) in [6, 6.07) is 3.77. The molecule has 0 bridgehead atoms. The van der Waals surface area contributed by atoms with Crippen molar-refractivity contribution in [3.63, 3.8) is 0 Å². The summed E-state index contributed by atoms with van der Waals surface area (Å²) in [5.74, 6) is 0. The molecule has 0 radical (unpaired) electrons. The Morgan fingerprint density at radius 1 is 1.40 bits per heavy atom. The van der Waals surface area contributed by atoms with E-state index in [0.717, 1.165) is 16.0 Å². The van der Waals surface area contributed by atoms with E-state index >= 15 is 0 Å². The predicted octanol–water partition coefficient (Wildman–Crippen LogP) is 2.59. The fourth-order valence-electron chi connectivity index (χ4n) is 0.686. The number of thiophene rings is 1. The zero-order valence-corrected chi connectivity index (χ0v) is 6.52. The van der Waals surface area contributed by atoms with Crippen molar-refractivity contribution in [1.82, 2.24) is 0 Å². The van der Waals surface area contributed by atoms with E-state index in [1.807, 2.05) is 31.2 Å². The van der Waals surface area contributed by atoms with E-state index in [4.69, 9.17) is 0 Å². The quantitative estimate of drug-likeness (QED) is 0.595. The first kappa shape index (κ1) is 7.22. The van der Waals surface area contributed by atoms with Gasteiger partial charge < -0.3 is 0 Å². The van der Waals surface area contributed by atoms with Crippen LogP contribution in [0.25, 0.3) is 6.08 Å². The van der Waals surface area contributed by atoms with E-state index < -0.39 is 0 Å². The van der Waals surface area contributed by atoms with Gasteiger partial charge in [-0.25, -0.2) is 0 Å². The lowest BCUT2D eigenvalue weighted by molar-refractivity contribution is 0.112. The van der Waals surface area contributed by atoms with Crippen LogP contribution in [0.1, 0.15) is 21.5 Å². The zero-order chi connectivity index (χ0) is 7.40. The topological polar surface area (TPSA) is 17.1 Å². The highest BCUT2D eigenvalue weighted by Gasteiger charge is 1.92. The van der Waals surface area contributed by atoms with E-state index in [0.29, 0.717) is 0 Å². The van der Waals surface area contributed by atoms with Crippen LogP contribution in [0.3, 0.4) is 0 Å². The largest absolute Gasteiger partial charge is 0.297 e. The van der Waals surface area contributed by atoms with Gasteiger partial charge in [0.15, 0.2) is 6.29 Å². The Balaban J connectivity index is 2.87. The van der Waals surface area contributed by atoms with Crippen LogP contribution in [-0.4, -0.2) is 6.29 Å². The number of carbonyl (C=O) groups excluding carboxylic acids is 1. The third kappa shape index (κ3) is 1.54. The molecule has 0 aliphatic carbocycles. The molecule has 0 atom stereocenters. The number of carbonyl (C=O) groups is 1. The molecule has 1 heterocycles. The number of hydrogen-bond acceptors (Lipinski definition) is 2. The molecule has 0 fully saturated rings. The molecule has 0 amide bonds. The van der Waals surface area contributed by atoms with Crippen LogP contribution in [-0.2, 0) is 0 Å². The second-order valence-electron chi connectivity index (χ2n) is 1.86. The van der Waals surface area contributed by atoms with E-state index in [9.17, 15) is 4.79 Å². The summed E-state index contributed by atoms with van der Waals surface area (Å²) < 4.78 is 0. The molecular formula is C8H8OS. The molecule has 1 aromatic heterocycles. The van der Waals surface area contributed by atoms with Crippen molar-refractivity contribution in [1.29, 1.82) is 0 Å². The van der Waals surface area contributed by atoms with Crippen LogP contribution in [0.2, 0.25) is 0 Å². The van der Waals surface area contributed by atoms with Crippen molar-refractivity contribution in [2.75, 3.05) is 0 Å². The van der Waals surface area contributed by atoms with Crippen molar-refractivity contribution in [2.24, 2.45) is 0 Å². The lowest BCUT2D eigenvalue weighted by atomic mass is 10.4. The van der Waals surface area contributed by atoms with Crippen LogP contribution in [0, 0.1) is 0 Å². The number of aldehydes is 1. The van der Waals surface area contributed by atoms with Crippen LogP contribution < -0.4 is 0 Å². The van der Waals surface area contributed by atoms with Crippen molar-refractivity contribution in [3.8, 4) is 0 Å². The monoisotopic (exact) mass is 152 g/mol. The van der Waals surface area contributed by atoms with Gasteiger partial charge in [0.05, 0.1) is 4.88 Å². The number of allylic oxidation sites excluding steroid dienone is 1. The third-order valence-corrected chi connectivity index (χ3v) is 2.07. The maximum absolute atomic E-state index is 10.2. The van der Waals surface area contributed by atoms with E-state index in [1.54, 1.807) is 0 Å². The van der Waals surface area contributed by atoms with E-state index in [2.05, 4.69) is 0 Å². The average Bonchev–Trinajstić information content (AvgIpc) is 2.37. The summed E-state index contributed by atoms with van der Waals surface area (Å²) in [6.45, 7) is 1.96. The van der Waals surface area contributed by atoms with Gasteiger partial charge in [-0.1, -0.05) is 6.08 Å². The Kier molecular flexibility index (Phi) is 2.40. The summed E-state index contributed by atoms with van der Waals surface area (Å²) in [7, 11) is 0. The van der Waals surface area contributed by atoms with Gasteiger partial charge in [-0.05, 0) is 25.1 Å². The van der Waals surface area contributed by atoms with Gasteiger partial charge >= 0.3 is 0 Å². The molecule has 0 unspecified atom stereocenters. The van der Waals surface area contributed by atoms with Crippen molar-refractivity contribution in [3.05, 3.63) is 28.0 Å². The molecule has 0 N–H and O–H groups in total. The molecule has 52 valence electrons. The highest BCUT2D eigenvalue weighted by molar-refractivity contribution is 7.14. The van der Waals surface area contributed by atoms with Gasteiger partial charge in [-0.15, -0.1) is 11.3 Å². The Morgan fingerprint density at radius 2 is 2.10 bits per heavy atom. The molecule has 0 saturated heterocycles. The predicted molar refractivity (Wildman–Crippen MR) is 44.4 cm³/mol. The number of rotatable bonds is 2. The summed E-state index contributed by atoms with van der Waals surface area (Å²) >= 11 is 1.50. The highest BCUT2D eigenvalue weighted by atomic mass is 32.1. The summed E-state index contributed by atoms with van der Waals surface area (Å²) in [6.07, 6.45) is 4.82. The minimum absolute atomic E-state index is 0.785. The Bertz CT molecular complexity index is 248. The maximum Gasteiger partial charge on any atom is 0.160 e. The van der Waals surface area contributed by atoms with E-state index in [1.165, 1.54) is 11.3 Å². The lowest BCUT2D eigenvalue weighted by Gasteiger charge is -1.77. The molecule has 1 nitrogen and oxygen atoms in total. The summed E-state index contributed by atoms with van der Waals surface area (Å²) in [5.41, 5.74) is 0. The second kappa shape index (κ2) is 3.32. The molecule has 1 aromatic rings. The Hall–Kier alpha value is -0.890. The fraction of sp³-hybridized carbons (Fsp3) is 0.125. The van der Waals surface area contributed by atoms with Crippen molar-refractivity contribution in [2.45, 2.75) is 6.92 Å². The average molecular weight is 152 g/mol. The smallest absolute Gasteiger partial charge is 0.160 e. The minimum atomic E-state index is 0.785. The SMILES string of the molecule is CC=Cc1ccc(C=O)s1. The highest BCUT2D eigenvalue weighted by Crippen LogP contribution is 2.15. The van der Waals surface area contributed by atoms with Gasteiger partial charge in [0.2, 0.25) is 0 Å². The molecule has 0 saturated carbocycles. The summed E-state index contributed by atoms with van der Waals surface area (Å²) in [4.78, 5) is 12.1. The molecule has 0 aliphatic heterocycles. The van der Waals surface area contributed by atoms with Gasteiger partial charge in [0.1, 0.15) is 0 Å². The lowest BCUT2D eigenvalue weighted by Crippen LogP contribution is -1.61. The molecule has 10 heavy (non-hydrogen) atoms. The minimum Gasteiger partial charge on any atom is -0.297 e. The maximum atomic E-state index is 10.2. The van der Waals surface area contributed by atoms with Crippen molar-refractivity contribution >= 4 is 23.7 Å². The van der Waals surface area contributed by atoms with Gasteiger partial charge in [0.25, 0.3) is 0 Å². The van der Waals surface area contributed by atoms with Crippen molar-refractivity contribution < 1.29 is 4.79 Å². The molecule has 2 heteroatoms. The van der Waals surface area contributed by atoms with Gasteiger partial charge in [-0.3, -0.25) is 4.79 Å². The first-order valence-electron chi connectivity index (χ1n) is 3.04. The third-order valence-electron chi connectivity index (χ3n) is 1.09. The Morgan fingerprint density at radius 3 is 2.60 bits per heavy atom. The van der Waals surface area contributed by atoms with E-state index in [-0.39, 0.29) is 0 Å². The second-order valence-corrected chi connectivity index (χ2v) is 3.00. The van der Waals surface area contributed by atoms with Gasteiger partial charge in [-0.2, -0.15) is 0 Å². The Labute approximate surface area is 64.0 Å². The normalized spacial score (nSPS) is 10.5. The molecule has 0 aliphatic rings. The molecule has 0 spiro atoms. The summed E-state index contributed by atoms with van der Waals surface area (Å²) in [5, 5.41) is 0. The first-order chi connectivity index (χ1) is 4.86. The van der Waals surface area contributed by atoms with Crippen LogP contribution in [0.15, 0.2) is 18.2 Å². The van der Waals surface area contributed by atoms with Crippen LogP contribution in [0.5, 0.6) is 0 Å². The van der Waals surface area contributed by atoms with Crippen LogP contribution in [0.4, 0.5) is 0 Å². The molecule has 1 rings (SSSR count). The first-order valence-corrected chi connectivity index (χ1v) is 3.86. The zero-order valence-electron chi connectivity index (χ0n) is 5.70. The molecular weight excluding hydrogens is 144 g/mol. The fourth-order valence-corrected chi connectivity index (χ4v) is 1.48. The number of hydrogen-bond donors (Lipinski definition) is 0. The standard InChI is InChI=1S/C8H8OS/c1-2-3-7-4-5-8(6-9)10-7/h2-6H,1H3. The van der Waals surface area contributed by atoms with Crippen LogP contribution >= 0.6 is 11.3 Å². The molecule has 0 aromatic carbocycles. The van der Waals surface area contributed by atoms with Gasteiger partial charge in [0, 0.05) is 4.88 Å².